The van der Waals surface area contributed by atoms with E-state index in [4.69, 9.17) is 0 Å². The third-order valence-electron chi connectivity index (χ3n) is 4.75. The van der Waals surface area contributed by atoms with Crippen LogP contribution in [0.25, 0.3) is 0 Å². The average molecular weight is 272 g/mol. The molecule has 3 atom stereocenters. The first kappa shape index (κ1) is 13.6. The molecule has 2 N–H and O–H groups in total. The van der Waals surface area contributed by atoms with Crippen LogP contribution in [0.5, 0.6) is 0 Å². The Morgan fingerprint density at radius 2 is 1.95 bits per heavy atom. The molecule has 2 aliphatic rings. The van der Waals surface area contributed by atoms with Crippen LogP contribution in [0.2, 0.25) is 0 Å². The first-order valence-corrected chi connectivity index (χ1v) is 7.55. The van der Waals surface area contributed by atoms with Gasteiger partial charge in [-0.2, -0.15) is 0 Å². The van der Waals surface area contributed by atoms with Crippen LogP contribution in [0.1, 0.15) is 25.0 Å². The van der Waals surface area contributed by atoms with Gasteiger partial charge in [0.1, 0.15) is 0 Å². The topological polar surface area (TPSA) is 41.1 Å². The van der Waals surface area contributed by atoms with Gasteiger partial charge in [-0.3, -0.25) is 4.79 Å². The molecule has 108 valence electrons. The Labute approximate surface area is 121 Å². The lowest BCUT2D eigenvalue weighted by Gasteiger charge is -2.27. The molecular weight excluding hydrogens is 248 g/mol. The van der Waals surface area contributed by atoms with E-state index >= 15 is 0 Å². The van der Waals surface area contributed by atoms with Crippen molar-refractivity contribution in [1.82, 2.24) is 10.6 Å². The number of rotatable bonds is 4. The fourth-order valence-electron chi connectivity index (χ4n) is 3.55. The van der Waals surface area contributed by atoms with Gasteiger partial charge in [0, 0.05) is 11.5 Å². The predicted octanol–water partition coefficient (Wildman–Crippen LogP) is 1.90. The molecule has 0 spiro atoms. The van der Waals surface area contributed by atoms with Crippen LogP contribution in [-0.4, -0.2) is 24.5 Å². The van der Waals surface area contributed by atoms with Gasteiger partial charge in [0.2, 0.25) is 5.91 Å². The van der Waals surface area contributed by atoms with E-state index < -0.39 is 0 Å². The normalized spacial score (nSPS) is 28.1. The van der Waals surface area contributed by atoms with Crippen molar-refractivity contribution in [2.24, 2.45) is 17.8 Å². The van der Waals surface area contributed by atoms with Crippen molar-refractivity contribution < 1.29 is 4.79 Å². The number of hydrogen-bond donors (Lipinski definition) is 2. The van der Waals surface area contributed by atoms with E-state index in [0.29, 0.717) is 11.8 Å². The van der Waals surface area contributed by atoms with E-state index in [2.05, 4.69) is 55.7 Å². The number of piperidine rings is 1. The highest BCUT2D eigenvalue weighted by atomic mass is 16.2. The maximum Gasteiger partial charge on any atom is 0.224 e. The summed E-state index contributed by atoms with van der Waals surface area (Å²) in [4.78, 5) is 12.4. The van der Waals surface area contributed by atoms with Crippen LogP contribution in [0.4, 0.5) is 0 Å². The molecule has 0 aromatic heterocycles. The van der Waals surface area contributed by atoms with Crippen molar-refractivity contribution in [1.29, 1.82) is 0 Å². The van der Waals surface area contributed by atoms with Crippen LogP contribution in [0.15, 0.2) is 24.3 Å². The van der Waals surface area contributed by atoms with Crippen molar-refractivity contribution in [2.75, 3.05) is 13.1 Å². The van der Waals surface area contributed by atoms with E-state index in [1.807, 2.05) is 0 Å². The van der Waals surface area contributed by atoms with Crippen LogP contribution in [0.3, 0.4) is 0 Å². The summed E-state index contributed by atoms with van der Waals surface area (Å²) < 4.78 is 0. The monoisotopic (exact) mass is 272 g/mol. The Hall–Kier alpha value is -1.35. The Bertz CT molecular complexity index is 513. The largest absolute Gasteiger partial charge is 0.351 e. The third-order valence-corrected chi connectivity index (χ3v) is 4.75. The van der Waals surface area contributed by atoms with Crippen LogP contribution in [-0.2, 0) is 11.2 Å². The minimum atomic E-state index is -0.187. The van der Waals surface area contributed by atoms with Gasteiger partial charge in [0.15, 0.2) is 0 Å². The Balaban J connectivity index is 1.61. The van der Waals surface area contributed by atoms with Gasteiger partial charge in [-0.05, 0) is 63.2 Å². The van der Waals surface area contributed by atoms with E-state index in [1.54, 1.807) is 0 Å². The average Bonchev–Trinajstić information content (AvgIpc) is 2.86. The minimum Gasteiger partial charge on any atom is -0.351 e. The molecule has 1 heterocycles. The number of aryl methyl sites for hydroxylation is 1. The fourth-order valence-corrected chi connectivity index (χ4v) is 3.55. The fraction of sp³-hybridized carbons (Fsp3) is 0.588. The summed E-state index contributed by atoms with van der Waals surface area (Å²) in [5.41, 5.74) is 2.42. The summed E-state index contributed by atoms with van der Waals surface area (Å²) in [5.74, 6) is 1.68. The van der Waals surface area contributed by atoms with E-state index in [0.717, 1.165) is 19.5 Å². The molecule has 3 rings (SSSR count). The van der Waals surface area contributed by atoms with E-state index in [-0.39, 0.29) is 17.4 Å². The van der Waals surface area contributed by atoms with Crippen LogP contribution < -0.4 is 10.6 Å². The zero-order valence-corrected chi connectivity index (χ0v) is 12.6. The smallest absolute Gasteiger partial charge is 0.224 e. The zero-order valence-electron chi connectivity index (χ0n) is 12.6. The molecule has 1 amide bonds. The molecule has 20 heavy (non-hydrogen) atoms. The highest BCUT2D eigenvalue weighted by Crippen LogP contribution is 2.48. The molecule has 3 heteroatoms. The molecule has 1 saturated carbocycles. The number of nitrogens with one attached hydrogen (secondary N) is 2. The molecule has 3 nitrogen and oxygen atoms in total. The second kappa shape index (κ2) is 4.88. The van der Waals surface area contributed by atoms with Crippen LogP contribution >= 0.6 is 0 Å². The van der Waals surface area contributed by atoms with E-state index in [1.165, 1.54) is 11.1 Å². The number of fused-ring (bicyclic) bond motifs is 1. The highest BCUT2D eigenvalue weighted by Gasteiger charge is 2.57. The van der Waals surface area contributed by atoms with Crippen molar-refractivity contribution in [2.45, 2.75) is 32.7 Å². The SMILES string of the molecule is Cc1ccccc1CC(C)(C)NC(=O)C1[C@H]2CNC[C@@H]12. The Morgan fingerprint density at radius 1 is 1.30 bits per heavy atom. The standard InChI is InChI=1S/C17H24N2O/c1-11-6-4-5-7-12(11)8-17(2,3)19-16(20)15-13-9-18-10-14(13)15/h4-7,13-15,18H,8-10H2,1-3H3,(H,19,20)/t13-,14+,15?. The summed E-state index contributed by atoms with van der Waals surface area (Å²) >= 11 is 0. The molecular formula is C17H24N2O. The molecule has 1 saturated heterocycles. The van der Waals surface area contributed by atoms with Crippen molar-refractivity contribution >= 4 is 5.91 Å². The van der Waals surface area contributed by atoms with Gasteiger partial charge in [-0.15, -0.1) is 0 Å². The lowest BCUT2D eigenvalue weighted by atomic mass is 9.92. The molecule has 2 fully saturated rings. The summed E-state index contributed by atoms with van der Waals surface area (Å²) in [6.07, 6.45) is 0.881. The highest BCUT2D eigenvalue weighted by molar-refractivity contribution is 5.83. The molecule has 0 radical (unpaired) electrons. The number of carbonyl (C=O) groups is 1. The van der Waals surface area contributed by atoms with Gasteiger partial charge in [0.25, 0.3) is 0 Å². The quantitative estimate of drug-likeness (QED) is 0.879. The maximum absolute atomic E-state index is 12.4. The second-order valence-corrected chi connectivity index (χ2v) is 6.99. The van der Waals surface area contributed by atoms with Gasteiger partial charge in [-0.25, -0.2) is 0 Å². The Kier molecular flexibility index (Phi) is 3.33. The summed E-state index contributed by atoms with van der Waals surface area (Å²) in [7, 11) is 0. The summed E-state index contributed by atoms with van der Waals surface area (Å²) in [6, 6.07) is 8.41. The lowest BCUT2D eigenvalue weighted by molar-refractivity contribution is -0.124. The first-order chi connectivity index (χ1) is 9.48. The first-order valence-electron chi connectivity index (χ1n) is 7.55. The predicted molar refractivity (Wildman–Crippen MR) is 80.4 cm³/mol. The van der Waals surface area contributed by atoms with Crippen molar-refractivity contribution in [3.63, 3.8) is 0 Å². The Morgan fingerprint density at radius 3 is 2.60 bits per heavy atom. The molecule has 1 aromatic rings. The van der Waals surface area contributed by atoms with E-state index in [9.17, 15) is 4.79 Å². The van der Waals surface area contributed by atoms with Crippen LogP contribution in [0, 0.1) is 24.7 Å². The maximum atomic E-state index is 12.4. The minimum absolute atomic E-state index is 0.187. The van der Waals surface area contributed by atoms with Gasteiger partial charge in [-0.1, -0.05) is 24.3 Å². The van der Waals surface area contributed by atoms with Gasteiger partial charge >= 0.3 is 0 Å². The number of amides is 1. The van der Waals surface area contributed by atoms with Gasteiger partial charge < -0.3 is 10.6 Å². The lowest BCUT2D eigenvalue weighted by Crippen LogP contribution is -2.46. The van der Waals surface area contributed by atoms with Crippen molar-refractivity contribution in [3.05, 3.63) is 35.4 Å². The molecule has 1 aliphatic heterocycles. The van der Waals surface area contributed by atoms with Gasteiger partial charge in [0.05, 0.1) is 0 Å². The summed E-state index contributed by atoms with van der Waals surface area (Å²) in [6.45, 7) is 8.40. The zero-order chi connectivity index (χ0) is 14.3. The summed E-state index contributed by atoms with van der Waals surface area (Å²) in [5, 5.41) is 6.59. The third kappa shape index (κ3) is 2.59. The molecule has 0 bridgehead atoms. The number of benzene rings is 1. The molecule has 1 aliphatic carbocycles. The molecule has 1 aromatic carbocycles. The number of hydrogen-bond acceptors (Lipinski definition) is 2. The van der Waals surface area contributed by atoms with Crippen molar-refractivity contribution in [3.8, 4) is 0 Å². The second-order valence-electron chi connectivity index (χ2n) is 6.99. The number of carbonyl (C=O) groups excluding carboxylic acids is 1. The molecule has 1 unspecified atom stereocenters.